The van der Waals surface area contributed by atoms with Crippen LogP contribution in [0.1, 0.15) is 111 Å². The monoisotopic (exact) mass is 410 g/mol. The van der Waals surface area contributed by atoms with E-state index in [1.807, 2.05) is 0 Å². The van der Waals surface area contributed by atoms with Crippen molar-refractivity contribution in [2.45, 2.75) is 111 Å². The Morgan fingerprint density at radius 2 is 1.34 bits per heavy atom. The predicted octanol–water partition coefficient (Wildman–Crippen LogP) is 6.70. The summed E-state index contributed by atoms with van der Waals surface area (Å²) in [5.41, 5.74) is 0. The lowest BCUT2D eigenvalue weighted by Crippen LogP contribution is -2.39. The molecule has 0 aromatic heterocycles. The summed E-state index contributed by atoms with van der Waals surface area (Å²) in [6.45, 7) is 9.56. The molecule has 0 N–H and O–H groups in total. The van der Waals surface area contributed by atoms with Gasteiger partial charge in [-0.1, -0.05) is 79.1 Å². The third-order valence-corrected chi connectivity index (χ3v) is 6.21. The van der Waals surface area contributed by atoms with E-state index in [0.29, 0.717) is 19.1 Å². The number of carbonyl (C=O) groups excluding carboxylic acids is 2. The molecule has 0 saturated heterocycles. The van der Waals surface area contributed by atoms with Crippen LogP contribution in [0.2, 0.25) is 0 Å². The fourth-order valence-electron chi connectivity index (χ4n) is 4.39. The second-order valence-electron chi connectivity index (χ2n) is 9.25. The molecule has 2 unspecified atom stereocenters. The standard InChI is InChI=1S/C25H46O4/c1-5-7-12-18-28-24(26)22(17-16-20(3)4)23(21-14-10-9-11-15-21)25(27)29-19-13-8-6-2/h20-23H,5-19H2,1-4H3. The van der Waals surface area contributed by atoms with E-state index in [-0.39, 0.29) is 29.7 Å². The van der Waals surface area contributed by atoms with Gasteiger partial charge in [-0.2, -0.15) is 0 Å². The molecule has 0 bridgehead atoms. The molecule has 0 aromatic rings. The molecule has 0 aliphatic heterocycles. The predicted molar refractivity (Wildman–Crippen MR) is 119 cm³/mol. The van der Waals surface area contributed by atoms with E-state index in [1.165, 1.54) is 6.42 Å². The first-order valence-electron chi connectivity index (χ1n) is 12.3. The van der Waals surface area contributed by atoms with Gasteiger partial charge in [-0.3, -0.25) is 9.59 Å². The summed E-state index contributed by atoms with van der Waals surface area (Å²) in [4.78, 5) is 26.2. The van der Waals surface area contributed by atoms with Gasteiger partial charge >= 0.3 is 11.9 Å². The Bertz CT molecular complexity index is 440. The summed E-state index contributed by atoms with van der Waals surface area (Å²) in [6.07, 6.45) is 13.3. The van der Waals surface area contributed by atoms with E-state index in [9.17, 15) is 9.59 Å². The molecule has 0 amide bonds. The minimum absolute atomic E-state index is 0.160. The smallest absolute Gasteiger partial charge is 0.310 e. The topological polar surface area (TPSA) is 52.6 Å². The summed E-state index contributed by atoms with van der Waals surface area (Å²) in [5, 5.41) is 0. The van der Waals surface area contributed by atoms with E-state index >= 15 is 0 Å². The first-order chi connectivity index (χ1) is 14.0. The minimum Gasteiger partial charge on any atom is -0.465 e. The number of esters is 2. The van der Waals surface area contributed by atoms with Crippen LogP contribution < -0.4 is 0 Å². The van der Waals surface area contributed by atoms with Crippen LogP contribution in [0.5, 0.6) is 0 Å². The van der Waals surface area contributed by atoms with Crippen molar-refractivity contribution in [3.63, 3.8) is 0 Å². The zero-order chi connectivity index (χ0) is 21.5. The quantitative estimate of drug-likeness (QED) is 0.222. The molecular weight excluding hydrogens is 364 g/mol. The molecule has 1 aliphatic carbocycles. The summed E-state index contributed by atoms with van der Waals surface area (Å²) in [5.74, 6) is -0.286. The Morgan fingerprint density at radius 1 is 0.793 bits per heavy atom. The number of hydrogen-bond acceptors (Lipinski definition) is 4. The van der Waals surface area contributed by atoms with Gasteiger partial charge in [0.15, 0.2) is 0 Å². The number of hydrogen-bond donors (Lipinski definition) is 0. The lowest BCUT2D eigenvalue weighted by atomic mass is 9.72. The summed E-state index contributed by atoms with van der Waals surface area (Å²) < 4.78 is 11.4. The second-order valence-corrected chi connectivity index (χ2v) is 9.25. The Hall–Kier alpha value is -1.06. The van der Waals surface area contributed by atoms with E-state index in [4.69, 9.17) is 9.47 Å². The Kier molecular flexibility index (Phi) is 14.1. The van der Waals surface area contributed by atoms with Crippen molar-refractivity contribution in [3.05, 3.63) is 0 Å². The van der Waals surface area contributed by atoms with Gasteiger partial charge < -0.3 is 9.47 Å². The molecule has 170 valence electrons. The molecule has 0 spiro atoms. The van der Waals surface area contributed by atoms with Gasteiger partial charge in [0.2, 0.25) is 0 Å². The lowest BCUT2D eigenvalue weighted by Gasteiger charge is -2.33. The van der Waals surface area contributed by atoms with Crippen molar-refractivity contribution in [2.75, 3.05) is 13.2 Å². The molecule has 0 heterocycles. The Labute approximate surface area is 179 Å². The Morgan fingerprint density at radius 3 is 1.86 bits per heavy atom. The average molecular weight is 411 g/mol. The molecule has 1 rings (SSSR count). The molecule has 1 aliphatic rings. The first-order valence-corrected chi connectivity index (χ1v) is 12.3. The van der Waals surface area contributed by atoms with Gasteiger partial charge in [-0.05, 0) is 43.9 Å². The molecule has 4 nitrogen and oxygen atoms in total. The first kappa shape index (κ1) is 26.0. The van der Waals surface area contributed by atoms with Gasteiger partial charge in [-0.15, -0.1) is 0 Å². The zero-order valence-corrected chi connectivity index (χ0v) is 19.5. The Balaban J connectivity index is 2.89. The fraction of sp³-hybridized carbons (Fsp3) is 0.920. The molecule has 1 fully saturated rings. The maximum Gasteiger partial charge on any atom is 0.310 e. The molecule has 1 saturated carbocycles. The van der Waals surface area contributed by atoms with Crippen molar-refractivity contribution in [2.24, 2.45) is 23.7 Å². The van der Waals surface area contributed by atoms with Crippen LogP contribution in [0.15, 0.2) is 0 Å². The third kappa shape index (κ3) is 10.5. The van der Waals surface area contributed by atoms with E-state index in [0.717, 1.165) is 77.0 Å². The van der Waals surface area contributed by atoms with Crippen LogP contribution in [0, 0.1) is 23.7 Å². The van der Waals surface area contributed by atoms with E-state index in [2.05, 4.69) is 27.7 Å². The average Bonchev–Trinajstić information content (AvgIpc) is 2.71. The van der Waals surface area contributed by atoms with E-state index < -0.39 is 0 Å². The lowest BCUT2D eigenvalue weighted by molar-refractivity contribution is -0.164. The normalized spacial score (nSPS) is 17.1. The van der Waals surface area contributed by atoms with Crippen molar-refractivity contribution in [3.8, 4) is 0 Å². The highest BCUT2D eigenvalue weighted by atomic mass is 16.5. The molecule has 4 heteroatoms. The molecule has 0 radical (unpaired) electrons. The second kappa shape index (κ2) is 15.7. The highest BCUT2D eigenvalue weighted by Gasteiger charge is 2.41. The van der Waals surface area contributed by atoms with Crippen LogP contribution >= 0.6 is 0 Å². The number of ether oxygens (including phenoxy) is 2. The third-order valence-electron chi connectivity index (χ3n) is 6.21. The summed E-state index contributed by atoms with van der Waals surface area (Å²) in [6, 6.07) is 0. The summed E-state index contributed by atoms with van der Waals surface area (Å²) >= 11 is 0. The highest BCUT2D eigenvalue weighted by molar-refractivity contribution is 5.82. The van der Waals surface area contributed by atoms with Crippen LogP contribution in [-0.2, 0) is 19.1 Å². The highest BCUT2D eigenvalue weighted by Crippen LogP contribution is 2.37. The van der Waals surface area contributed by atoms with Crippen molar-refractivity contribution >= 4 is 11.9 Å². The van der Waals surface area contributed by atoms with Crippen molar-refractivity contribution in [1.29, 1.82) is 0 Å². The van der Waals surface area contributed by atoms with E-state index in [1.54, 1.807) is 0 Å². The number of rotatable bonds is 15. The van der Waals surface area contributed by atoms with Gasteiger partial charge in [0.25, 0.3) is 0 Å². The van der Waals surface area contributed by atoms with Crippen LogP contribution in [0.3, 0.4) is 0 Å². The molecule has 2 atom stereocenters. The zero-order valence-electron chi connectivity index (χ0n) is 19.5. The number of carbonyl (C=O) groups is 2. The van der Waals surface area contributed by atoms with Crippen LogP contribution in [0.25, 0.3) is 0 Å². The fourth-order valence-corrected chi connectivity index (χ4v) is 4.39. The van der Waals surface area contributed by atoms with Crippen molar-refractivity contribution in [1.82, 2.24) is 0 Å². The van der Waals surface area contributed by atoms with Gasteiger partial charge in [-0.25, -0.2) is 0 Å². The van der Waals surface area contributed by atoms with Gasteiger partial charge in [0, 0.05) is 0 Å². The largest absolute Gasteiger partial charge is 0.465 e. The minimum atomic E-state index is -0.360. The summed E-state index contributed by atoms with van der Waals surface area (Å²) in [7, 11) is 0. The van der Waals surface area contributed by atoms with Crippen molar-refractivity contribution < 1.29 is 19.1 Å². The molecule has 0 aromatic carbocycles. The maximum atomic E-state index is 13.1. The molecular formula is C25H46O4. The number of unbranched alkanes of at least 4 members (excludes halogenated alkanes) is 4. The van der Waals surface area contributed by atoms with Gasteiger partial charge in [0.1, 0.15) is 0 Å². The maximum absolute atomic E-state index is 13.1. The van der Waals surface area contributed by atoms with Gasteiger partial charge in [0.05, 0.1) is 25.0 Å². The SMILES string of the molecule is CCCCCOC(=O)C(CCC(C)C)C(C(=O)OCCCCC)C1CCCCC1. The molecule has 29 heavy (non-hydrogen) atoms. The van der Waals surface area contributed by atoms with Crippen LogP contribution in [-0.4, -0.2) is 25.2 Å². The van der Waals surface area contributed by atoms with Crippen LogP contribution in [0.4, 0.5) is 0 Å².